The van der Waals surface area contributed by atoms with Gasteiger partial charge in [-0.3, -0.25) is 4.57 Å². The van der Waals surface area contributed by atoms with E-state index in [4.69, 9.17) is 9.72 Å². The molecule has 6 aromatic carbocycles. The SMILES string of the molecule is CC(C)c1ccccc1-c1cc(Oc2ccc3c4ccccc4n(-c4cc(C(C)(C)C)ccn4)c3c2)cc(N2CN(c3cccc(C(C)(C)C)c3)c3ccccc32)c1. The Balaban J connectivity index is 1.18. The highest BCUT2D eigenvalue weighted by Gasteiger charge is 2.29. The molecule has 8 aromatic rings. The summed E-state index contributed by atoms with van der Waals surface area (Å²) in [5.41, 5.74) is 13.0. The summed E-state index contributed by atoms with van der Waals surface area (Å²) >= 11 is 0. The molecule has 3 heterocycles. The summed E-state index contributed by atoms with van der Waals surface area (Å²) in [6.07, 6.45) is 1.93. The lowest BCUT2D eigenvalue weighted by Gasteiger charge is -2.25. The molecule has 0 saturated heterocycles. The Labute approximate surface area is 343 Å². The molecule has 0 amide bonds. The van der Waals surface area contributed by atoms with Gasteiger partial charge in [-0.2, -0.15) is 0 Å². The van der Waals surface area contributed by atoms with Crippen molar-refractivity contribution in [3.8, 4) is 28.4 Å². The van der Waals surface area contributed by atoms with Gasteiger partial charge in [0.25, 0.3) is 0 Å². The molecule has 0 unspecified atom stereocenters. The lowest BCUT2D eigenvalue weighted by atomic mass is 9.87. The molecular formula is C53H52N4O. The van der Waals surface area contributed by atoms with Crippen molar-refractivity contribution in [2.45, 2.75) is 72.1 Å². The number of pyridine rings is 1. The lowest BCUT2D eigenvalue weighted by molar-refractivity contribution is 0.483. The minimum Gasteiger partial charge on any atom is -0.457 e. The van der Waals surface area contributed by atoms with Crippen LogP contribution in [0.15, 0.2) is 152 Å². The number of hydrogen-bond acceptors (Lipinski definition) is 4. The summed E-state index contributed by atoms with van der Waals surface area (Å²) in [5.74, 6) is 2.81. The Bertz CT molecular complexity index is 2820. The highest BCUT2D eigenvalue weighted by molar-refractivity contribution is 6.09. The molecule has 5 heteroatoms. The summed E-state index contributed by atoms with van der Waals surface area (Å²) in [4.78, 5) is 9.75. The van der Waals surface area contributed by atoms with E-state index < -0.39 is 0 Å². The van der Waals surface area contributed by atoms with Crippen LogP contribution in [0.4, 0.5) is 22.7 Å². The Morgan fingerprint density at radius 1 is 0.552 bits per heavy atom. The Morgan fingerprint density at radius 3 is 1.98 bits per heavy atom. The molecule has 2 aromatic heterocycles. The molecule has 0 aliphatic carbocycles. The maximum absolute atomic E-state index is 6.99. The summed E-state index contributed by atoms with van der Waals surface area (Å²) in [6.45, 7) is 18.8. The van der Waals surface area contributed by atoms with Crippen molar-refractivity contribution in [1.29, 1.82) is 0 Å². The zero-order valence-corrected chi connectivity index (χ0v) is 34.9. The normalized spacial score (nSPS) is 13.2. The maximum atomic E-state index is 6.99. The first-order valence-corrected chi connectivity index (χ1v) is 20.5. The first-order valence-electron chi connectivity index (χ1n) is 20.5. The molecule has 0 fully saturated rings. The van der Waals surface area contributed by atoms with E-state index in [2.05, 4.69) is 215 Å². The molecule has 0 saturated carbocycles. The molecule has 0 bridgehead atoms. The highest BCUT2D eigenvalue weighted by Crippen LogP contribution is 2.47. The third-order valence-electron chi connectivity index (χ3n) is 11.6. The third kappa shape index (κ3) is 6.79. The topological polar surface area (TPSA) is 33.5 Å². The van der Waals surface area contributed by atoms with Gasteiger partial charge >= 0.3 is 0 Å². The number of anilines is 4. The van der Waals surface area contributed by atoms with Crippen molar-refractivity contribution in [3.05, 3.63) is 168 Å². The monoisotopic (exact) mass is 760 g/mol. The highest BCUT2D eigenvalue weighted by atomic mass is 16.5. The Morgan fingerprint density at radius 2 is 1.22 bits per heavy atom. The Hall–Kier alpha value is -6.33. The molecule has 290 valence electrons. The zero-order chi connectivity index (χ0) is 40.3. The van der Waals surface area contributed by atoms with Gasteiger partial charge in [0.15, 0.2) is 0 Å². The van der Waals surface area contributed by atoms with Gasteiger partial charge in [0, 0.05) is 40.5 Å². The predicted molar refractivity (Wildman–Crippen MR) is 244 cm³/mol. The van der Waals surface area contributed by atoms with E-state index in [9.17, 15) is 0 Å². The van der Waals surface area contributed by atoms with Crippen LogP contribution in [0.3, 0.4) is 0 Å². The van der Waals surface area contributed by atoms with Gasteiger partial charge in [-0.15, -0.1) is 0 Å². The van der Waals surface area contributed by atoms with Gasteiger partial charge in [-0.25, -0.2) is 4.98 Å². The fourth-order valence-electron chi connectivity index (χ4n) is 8.42. The molecule has 5 nitrogen and oxygen atoms in total. The molecule has 1 aliphatic rings. The number of nitrogens with zero attached hydrogens (tertiary/aromatic N) is 4. The van der Waals surface area contributed by atoms with E-state index in [1.165, 1.54) is 44.7 Å². The summed E-state index contributed by atoms with van der Waals surface area (Å²) in [5, 5.41) is 2.35. The minimum absolute atomic E-state index is 0.00895. The summed E-state index contributed by atoms with van der Waals surface area (Å²) in [6, 6.07) is 52.6. The number of para-hydroxylation sites is 3. The fourth-order valence-corrected chi connectivity index (χ4v) is 8.42. The smallest absolute Gasteiger partial charge is 0.137 e. The first kappa shape index (κ1) is 37.3. The van der Waals surface area contributed by atoms with Crippen molar-refractivity contribution in [2.24, 2.45) is 0 Å². The van der Waals surface area contributed by atoms with Crippen molar-refractivity contribution in [2.75, 3.05) is 16.5 Å². The second-order valence-corrected chi connectivity index (χ2v) is 18.0. The van der Waals surface area contributed by atoms with Crippen LogP contribution in [0.5, 0.6) is 11.5 Å². The number of benzene rings is 6. The van der Waals surface area contributed by atoms with Crippen LogP contribution < -0.4 is 14.5 Å². The summed E-state index contributed by atoms with van der Waals surface area (Å²) in [7, 11) is 0. The first-order chi connectivity index (χ1) is 27.8. The number of fused-ring (bicyclic) bond motifs is 4. The maximum Gasteiger partial charge on any atom is 0.137 e. The average Bonchev–Trinajstić information content (AvgIpc) is 3.76. The average molecular weight is 761 g/mol. The lowest BCUT2D eigenvalue weighted by Crippen LogP contribution is -2.24. The molecule has 1 aliphatic heterocycles. The van der Waals surface area contributed by atoms with Crippen LogP contribution in [0.25, 0.3) is 38.8 Å². The molecular weight excluding hydrogens is 709 g/mol. The minimum atomic E-state index is -0.00895. The Kier molecular flexibility index (Phi) is 9.15. The van der Waals surface area contributed by atoms with E-state index >= 15 is 0 Å². The molecule has 58 heavy (non-hydrogen) atoms. The van der Waals surface area contributed by atoms with Crippen molar-refractivity contribution < 1.29 is 4.74 Å². The standard InChI is InChI=1S/C53H52N4O/c1-35(2)43-18-9-10-19-44(43)36-28-40(56-34-55(48-22-13-14-23-49(48)56)39-17-15-16-37(30-39)52(3,4)5)32-42(29-36)58-41-24-25-46-45-20-11-12-21-47(45)57(50(46)33-41)51-31-38(26-27-54-51)53(6,7)8/h9-33,35H,34H2,1-8H3. The molecule has 0 atom stereocenters. The van der Waals surface area contributed by atoms with Crippen molar-refractivity contribution in [3.63, 3.8) is 0 Å². The van der Waals surface area contributed by atoms with Crippen LogP contribution in [-0.2, 0) is 10.8 Å². The van der Waals surface area contributed by atoms with Gasteiger partial charge in [-0.05, 0) is 111 Å². The van der Waals surface area contributed by atoms with Gasteiger partial charge in [0.2, 0.25) is 0 Å². The summed E-state index contributed by atoms with van der Waals surface area (Å²) < 4.78 is 9.27. The molecule has 0 spiro atoms. The van der Waals surface area contributed by atoms with E-state index in [1.807, 2.05) is 6.20 Å². The van der Waals surface area contributed by atoms with E-state index in [1.54, 1.807) is 0 Å². The predicted octanol–water partition coefficient (Wildman–Crippen LogP) is 14.6. The fraction of sp³-hybridized carbons (Fsp3) is 0.226. The van der Waals surface area contributed by atoms with Gasteiger partial charge in [0.05, 0.1) is 22.4 Å². The van der Waals surface area contributed by atoms with Crippen molar-refractivity contribution >= 4 is 44.6 Å². The van der Waals surface area contributed by atoms with Crippen molar-refractivity contribution in [1.82, 2.24) is 9.55 Å². The second-order valence-electron chi connectivity index (χ2n) is 18.0. The molecule has 9 rings (SSSR count). The van der Waals surface area contributed by atoms with Gasteiger partial charge in [-0.1, -0.05) is 122 Å². The zero-order valence-electron chi connectivity index (χ0n) is 34.9. The molecule has 0 N–H and O–H groups in total. The van der Waals surface area contributed by atoms with Crippen LogP contribution >= 0.6 is 0 Å². The van der Waals surface area contributed by atoms with E-state index in [0.717, 1.165) is 45.0 Å². The second kappa shape index (κ2) is 14.2. The van der Waals surface area contributed by atoms with Crippen LogP contribution in [0, 0.1) is 0 Å². The largest absolute Gasteiger partial charge is 0.457 e. The van der Waals surface area contributed by atoms with Gasteiger partial charge < -0.3 is 14.5 Å². The van der Waals surface area contributed by atoms with Crippen LogP contribution in [-0.4, -0.2) is 16.2 Å². The number of hydrogen-bond donors (Lipinski definition) is 0. The number of aromatic nitrogens is 2. The van der Waals surface area contributed by atoms with Gasteiger partial charge in [0.1, 0.15) is 24.0 Å². The number of rotatable bonds is 7. The number of ether oxygens (including phenoxy) is 1. The molecule has 0 radical (unpaired) electrons. The van der Waals surface area contributed by atoms with Crippen LogP contribution in [0.1, 0.15) is 78.0 Å². The van der Waals surface area contributed by atoms with E-state index in [0.29, 0.717) is 12.6 Å². The quantitative estimate of drug-likeness (QED) is 0.162. The third-order valence-corrected chi connectivity index (χ3v) is 11.6. The van der Waals surface area contributed by atoms with E-state index in [-0.39, 0.29) is 10.8 Å². The van der Waals surface area contributed by atoms with Crippen LogP contribution in [0.2, 0.25) is 0 Å².